The van der Waals surface area contributed by atoms with E-state index in [1.54, 1.807) is 0 Å². The van der Waals surface area contributed by atoms with Crippen molar-refractivity contribution in [3.8, 4) is 0 Å². The minimum atomic E-state index is -1.86. The van der Waals surface area contributed by atoms with Crippen LogP contribution in [0, 0.1) is 0 Å². The number of nitrogens with one attached hydrogen (secondary N) is 1. The van der Waals surface area contributed by atoms with Crippen LogP contribution in [0.5, 0.6) is 0 Å². The second-order valence-electron chi connectivity index (χ2n) is 6.03. The van der Waals surface area contributed by atoms with Gasteiger partial charge in [0.15, 0.2) is 5.69 Å². The maximum Gasteiger partial charge on any atom is 0.356 e. The Morgan fingerprint density at radius 2 is 2.06 bits per heavy atom. The number of aromatic nitrogens is 2. The van der Waals surface area contributed by atoms with Crippen molar-refractivity contribution in [2.45, 2.75) is 51.9 Å². The normalized spacial score (nSPS) is 14.6. The molecule has 1 aromatic rings. The lowest BCUT2D eigenvalue weighted by molar-refractivity contribution is 0.0690. The molecule has 5 nitrogen and oxygen atoms in total. The van der Waals surface area contributed by atoms with E-state index < -0.39 is 14.3 Å². The SMILES string of the molecule is C[C@H](O[Si-](C)(C)C(C)(C)C)c1cc(C(=O)O)n[nH]1. The Labute approximate surface area is 109 Å². The highest BCUT2D eigenvalue weighted by atomic mass is 28.4. The minimum absolute atomic E-state index is 0.0238. The van der Waals surface area contributed by atoms with E-state index in [9.17, 15) is 4.79 Å². The predicted molar refractivity (Wildman–Crippen MR) is 72.2 cm³/mol. The third kappa shape index (κ3) is 3.20. The first kappa shape index (κ1) is 14.9. The summed E-state index contributed by atoms with van der Waals surface area (Å²) in [6, 6.07) is 1.53. The summed E-state index contributed by atoms with van der Waals surface area (Å²) in [5, 5.41) is 15.4. The summed E-state index contributed by atoms with van der Waals surface area (Å²) in [5.41, 5.74) is 0.730. The third-order valence-corrected chi connectivity index (χ3v) is 8.09. The Morgan fingerprint density at radius 1 is 1.50 bits per heavy atom. The number of hydrogen-bond acceptors (Lipinski definition) is 3. The second-order valence-corrected chi connectivity index (χ2v) is 10.8. The van der Waals surface area contributed by atoms with Crippen LogP contribution in [0.4, 0.5) is 0 Å². The molecule has 6 heteroatoms. The molecule has 0 aliphatic carbocycles. The predicted octanol–water partition coefficient (Wildman–Crippen LogP) is 3.19. The monoisotopic (exact) mass is 270 g/mol. The van der Waals surface area contributed by atoms with E-state index in [2.05, 4.69) is 44.1 Å². The van der Waals surface area contributed by atoms with E-state index in [0.717, 1.165) is 0 Å². The molecule has 0 radical (unpaired) electrons. The van der Waals surface area contributed by atoms with Crippen molar-refractivity contribution in [1.29, 1.82) is 0 Å². The number of rotatable bonds is 4. The molecule has 0 spiro atoms. The molecule has 103 valence electrons. The lowest BCUT2D eigenvalue weighted by atomic mass is 10.2. The molecule has 0 bridgehead atoms. The maximum absolute atomic E-state index is 10.8. The summed E-state index contributed by atoms with van der Waals surface area (Å²) in [6.07, 6.45) is -0.175. The van der Waals surface area contributed by atoms with E-state index in [1.807, 2.05) is 6.92 Å². The van der Waals surface area contributed by atoms with Gasteiger partial charge in [0.25, 0.3) is 0 Å². The number of carbonyl (C=O) groups is 1. The molecule has 1 atom stereocenters. The summed E-state index contributed by atoms with van der Waals surface area (Å²) < 4.78 is 6.16. The zero-order valence-corrected chi connectivity index (χ0v) is 12.9. The Kier molecular flexibility index (Phi) is 4.02. The summed E-state index contributed by atoms with van der Waals surface area (Å²) in [7, 11) is -1.86. The number of nitrogens with zero attached hydrogens (tertiary/aromatic N) is 1. The first-order chi connectivity index (χ1) is 8.04. The van der Waals surface area contributed by atoms with Gasteiger partial charge in [-0.05, 0) is 21.3 Å². The van der Waals surface area contributed by atoms with Gasteiger partial charge in [0.2, 0.25) is 0 Å². The summed E-state index contributed by atoms with van der Waals surface area (Å²) >= 11 is 0. The third-order valence-electron chi connectivity index (χ3n) is 3.53. The van der Waals surface area contributed by atoms with Crippen LogP contribution in [0.25, 0.3) is 0 Å². The molecular weight excluding hydrogens is 248 g/mol. The average Bonchev–Trinajstić information content (AvgIpc) is 2.63. The summed E-state index contributed by atoms with van der Waals surface area (Å²) in [6.45, 7) is 12.8. The lowest BCUT2D eigenvalue weighted by Crippen LogP contribution is -2.41. The average molecular weight is 270 g/mol. The van der Waals surface area contributed by atoms with E-state index >= 15 is 0 Å². The smallest absolute Gasteiger partial charge is 0.356 e. The number of aromatic carboxylic acids is 1. The number of aromatic amines is 1. The fourth-order valence-corrected chi connectivity index (χ4v) is 2.70. The largest absolute Gasteiger partial charge is 0.558 e. The highest BCUT2D eigenvalue weighted by molar-refractivity contribution is 6.74. The quantitative estimate of drug-likeness (QED) is 0.824. The number of H-pyrrole nitrogens is 1. The van der Waals surface area contributed by atoms with Crippen LogP contribution < -0.4 is 0 Å². The molecular formula is C12H22N2O3Si-. The fourth-order valence-electron chi connectivity index (χ4n) is 1.34. The van der Waals surface area contributed by atoms with Gasteiger partial charge in [-0.15, -0.1) is 18.1 Å². The molecule has 1 aromatic heterocycles. The van der Waals surface area contributed by atoms with E-state index in [4.69, 9.17) is 9.53 Å². The zero-order valence-electron chi connectivity index (χ0n) is 11.9. The molecule has 0 aromatic carbocycles. The van der Waals surface area contributed by atoms with Crippen LogP contribution in [-0.4, -0.2) is 29.6 Å². The van der Waals surface area contributed by atoms with Gasteiger partial charge in [-0.3, -0.25) is 5.10 Å². The molecule has 0 aliphatic rings. The van der Waals surface area contributed by atoms with Crippen LogP contribution in [0.15, 0.2) is 6.07 Å². The van der Waals surface area contributed by atoms with Crippen molar-refractivity contribution in [2.24, 2.45) is 0 Å². The zero-order chi connectivity index (χ0) is 14.1. The highest BCUT2D eigenvalue weighted by Crippen LogP contribution is 2.39. The number of hydrogen-bond donors (Lipinski definition) is 2. The number of carboxylic acid groups (broad SMARTS) is 1. The molecule has 1 rings (SSSR count). The molecule has 0 saturated carbocycles. The second kappa shape index (κ2) is 4.85. The molecule has 0 saturated heterocycles. The molecule has 2 N–H and O–H groups in total. The highest BCUT2D eigenvalue weighted by Gasteiger charge is 2.27. The lowest BCUT2D eigenvalue weighted by Gasteiger charge is -2.50. The van der Waals surface area contributed by atoms with E-state index in [-0.39, 0.29) is 16.8 Å². The van der Waals surface area contributed by atoms with Gasteiger partial charge in [-0.2, -0.15) is 5.10 Å². The van der Waals surface area contributed by atoms with Crippen molar-refractivity contribution >= 4 is 14.3 Å². The Balaban J connectivity index is 2.82. The topological polar surface area (TPSA) is 75.2 Å². The van der Waals surface area contributed by atoms with Crippen LogP contribution in [0.3, 0.4) is 0 Å². The van der Waals surface area contributed by atoms with Gasteiger partial charge in [-0.1, -0.05) is 20.8 Å². The van der Waals surface area contributed by atoms with E-state index in [1.165, 1.54) is 6.07 Å². The molecule has 1 heterocycles. The van der Waals surface area contributed by atoms with Crippen LogP contribution >= 0.6 is 0 Å². The van der Waals surface area contributed by atoms with Gasteiger partial charge in [-0.25, -0.2) is 4.79 Å². The minimum Gasteiger partial charge on any atom is -0.558 e. The van der Waals surface area contributed by atoms with Crippen molar-refractivity contribution in [3.05, 3.63) is 17.5 Å². The first-order valence-corrected chi connectivity index (χ1v) is 8.92. The van der Waals surface area contributed by atoms with Crippen LogP contribution in [0.1, 0.15) is 50.0 Å². The van der Waals surface area contributed by atoms with Gasteiger partial charge in [0.05, 0.1) is 11.8 Å². The number of carboxylic acids is 1. The van der Waals surface area contributed by atoms with Crippen LogP contribution in [-0.2, 0) is 4.43 Å². The van der Waals surface area contributed by atoms with Gasteiger partial charge >= 0.3 is 5.97 Å². The van der Waals surface area contributed by atoms with Crippen molar-refractivity contribution in [2.75, 3.05) is 0 Å². The molecule has 0 unspecified atom stereocenters. The maximum atomic E-state index is 10.8. The van der Waals surface area contributed by atoms with Crippen molar-refractivity contribution in [1.82, 2.24) is 10.2 Å². The van der Waals surface area contributed by atoms with Gasteiger partial charge < -0.3 is 9.53 Å². The summed E-state index contributed by atoms with van der Waals surface area (Å²) in [4.78, 5) is 10.8. The molecule has 0 aliphatic heterocycles. The fraction of sp³-hybridized carbons (Fsp3) is 0.667. The standard InChI is InChI=1S/C12H22N2O3Si/c1-8(17-18(5,6)12(2,3)4)9-7-10(11(15)16)14-13-9/h7-8H,1-6H3,(H,13,14)(H,15,16)/q-1/t8-/m0/s1. The van der Waals surface area contributed by atoms with Crippen molar-refractivity contribution < 1.29 is 14.3 Å². The van der Waals surface area contributed by atoms with Crippen LogP contribution in [0.2, 0.25) is 18.1 Å². The molecule has 0 fully saturated rings. The van der Waals surface area contributed by atoms with Gasteiger partial charge in [0, 0.05) is 0 Å². The Hall–Kier alpha value is -1.14. The Morgan fingerprint density at radius 3 is 2.44 bits per heavy atom. The summed E-state index contributed by atoms with van der Waals surface area (Å²) in [5.74, 6) is -1.03. The van der Waals surface area contributed by atoms with Gasteiger partial charge in [0.1, 0.15) is 0 Å². The van der Waals surface area contributed by atoms with E-state index in [0.29, 0.717) is 5.69 Å². The molecule has 0 amide bonds. The van der Waals surface area contributed by atoms with Crippen molar-refractivity contribution in [3.63, 3.8) is 0 Å². The first-order valence-electron chi connectivity index (χ1n) is 6.01. The molecule has 18 heavy (non-hydrogen) atoms. The Bertz CT molecular complexity index is 435.